The van der Waals surface area contributed by atoms with Gasteiger partial charge >= 0.3 is 6.18 Å². The molecule has 0 N–H and O–H groups in total. The Morgan fingerprint density at radius 1 is 1.12 bits per heavy atom. The van der Waals surface area contributed by atoms with E-state index < -0.39 is 11.7 Å². The van der Waals surface area contributed by atoms with Gasteiger partial charge in [-0.25, -0.2) is 19.3 Å². The summed E-state index contributed by atoms with van der Waals surface area (Å²) in [7, 11) is 1.61. The summed E-state index contributed by atoms with van der Waals surface area (Å²) in [4.78, 5) is 22.3. The number of aryl methyl sites for hydroxylation is 1. The van der Waals surface area contributed by atoms with E-state index in [2.05, 4.69) is 25.4 Å². The van der Waals surface area contributed by atoms with E-state index in [1.807, 2.05) is 4.90 Å². The molecule has 3 aromatic heterocycles. The molecule has 1 saturated heterocycles. The lowest BCUT2D eigenvalue weighted by atomic mass is 9.95. The van der Waals surface area contributed by atoms with Crippen LogP contribution in [-0.2, 0) is 24.5 Å². The molecule has 0 amide bonds. The number of hydrogen-bond donors (Lipinski definition) is 0. The van der Waals surface area contributed by atoms with Crippen LogP contribution in [0.25, 0.3) is 11.5 Å². The van der Waals surface area contributed by atoms with Crippen LogP contribution in [0.2, 0.25) is 0 Å². The summed E-state index contributed by atoms with van der Waals surface area (Å²) in [6.07, 6.45) is 2.48. The van der Waals surface area contributed by atoms with Gasteiger partial charge in [0, 0.05) is 38.6 Å². The Morgan fingerprint density at radius 2 is 1.85 bits per heavy atom. The number of alkyl halides is 3. The summed E-state index contributed by atoms with van der Waals surface area (Å²) >= 11 is 0. The summed E-state index contributed by atoms with van der Waals surface area (Å²) < 4.78 is 47.0. The predicted molar refractivity (Wildman–Crippen MR) is 109 cm³/mol. The molecule has 0 spiro atoms. The lowest BCUT2D eigenvalue weighted by Gasteiger charge is -2.43. The van der Waals surface area contributed by atoms with Crippen LogP contribution in [0.5, 0.6) is 0 Å². The lowest BCUT2D eigenvalue weighted by molar-refractivity contribution is -0.138. The minimum atomic E-state index is -4.54. The van der Waals surface area contributed by atoms with E-state index in [1.54, 1.807) is 13.2 Å². The first-order valence-electron chi connectivity index (χ1n) is 10.5. The van der Waals surface area contributed by atoms with Crippen molar-refractivity contribution in [3.8, 4) is 11.5 Å². The fourth-order valence-electron chi connectivity index (χ4n) is 3.70. The van der Waals surface area contributed by atoms with Gasteiger partial charge < -0.3 is 9.64 Å². The van der Waals surface area contributed by atoms with E-state index >= 15 is 0 Å². The first kappa shape index (κ1) is 21.5. The molecule has 10 nitrogen and oxygen atoms in total. The first-order chi connectivity index (χ1) is 15.8. The number of ether oxygens (including phenoxy) is 1. The lowest BCUT2D eigenvalue weighted by Crippen LogP contribution is -2.54. The number of aromatic nitrogens is 7. The van der Waals surface area contributed by atoms with Crippen molar-refractivity contribution < 1.29 is 17.9 Å². The number of halogens is 3. The molecule has 5 rings (SSSR count). The molecule has 33 heavy (non-hydrogen) atoms. The van der Waals surface area contributed by atoms with Gasteiger partial charge in [-0.05, 0) is 19.3 Å². The van der Waals surface area contributed by atoms with E-state index in [9.17, 15) is 18.0 Å². The fourth-order valence-corrected chi connectivity index (χ4v) is 3.70. The topological polar surface area (TPSA) is 104 Å². The molecule has 0 atom stereocenters. The summed E-state index contributed by atoms with van der Waals surface area (Å²) in [6, 6.07) is 1.50. The van der Waals surface area contributed by atoms with Gasteiger partial charge in [0.1, 0.15) is 0 Å². The minimum absolute atomic E-state index is 0.00967. The van der Waals surface area contributed by atoms with Gasteiger partial charge in [-0.1, -0.05) is 5.21 Å². The van der Waals surface area contributed by atoms with Crippen molar-refractivity contribution >= 4 is 5.69 Å². The van der Waals surface area contributed by atoms with Crippen molar-refractivity contribution in [2.24, 2.45) is 7.05 Å². The normalized spacial score (nSPS) is 17.2. The molecule has 1 aliphatic carbocycles. The smallest absolute Gasteiger partial charge is 0.371 e. The van der Waals surface area contributed by atoms with Crippen LogP contribution in [0.15, 0.2) is 29.5 Å². The van der Waals surface area contributed by atoms with Crippen LogP contribution < -0.4 is 10.5 Å². The monoisotopic (exact) mass is 462 g/mol. The van der Waals surface area contributed by atoms with Crippen molar-refractivity contribution in [1.82, 2.24) is 34.7 Å². The fraction of sp³-hybridized carbons (Fsp3) is 0.500. The standard InChI is InChI=1S/C20H21F3N8O2/c1-29-16(18(27-28-29)19-24-6-12(7-25-19)20(21,22)23)11-31-17(32)5-13(8-26-31)30-9-15(10-30)33-14-3-2-4-14/h5-8,14-15H,2-4,9-11H2,1H3. The number of nitrogens with zero attached hydrogens (tertiary/aromatic N) is 8. The average molecular weight is 462 g/mol. The Hall–Kier alpha value is -3.35. The predicted octanol–water partition coefficient (Wildman–Crippen LogP) is 1.65. The number of hydrogen-bond acceptors (Lipinski definition) is 8. The molecule has 0 unspecified atom stereocenters. The SMILES string of the molecule is Cn1nnc(-c2ncc(C(F)(F)F)cn2)c1Cn1ncc(N2CC(OC3CCC3)C2)cc1=O. The van der Waals surface area contributed by atoms with Gasteiger partial charge in [0.15, 0.2) is 11.5 Å². The molecule has 0 radical (unpaired) electrons. The zero-order valence-corrected chi connectivity index (χ0v) is 17.7. The van der Waals surface area contributed by atoms with Gasteiger partial charge in [-0.15, -0.1) is 5.10 Å². The highest BCUT2D eigenvalue weighted by atomic mass is 19.4. The van der Waals surface area contributed by atoms with Gasteiger partial charge in [0.25, 0.3) is 5.56 Å². The molecular formula is C20H21F3N8O2. The Labute approximate surface area is 186 Å². The molecule has 4 heterocycles. The second-order valence-corrected chi connectivity index (χ2v) is 8.23. The Kier molecular flexibility index (Phi) is 5.35. The molecule has 13 heteroatoms. The molecule has 3 aromatic rings. The van der Waals surface area contributed by atoms with E-state index in [-0.39, 0.29) is 29.7 Å². The highest BCUT2D eigenvalue weighted by Crippen LogP contribution is 2.29. The van der Waals surface area contributed by atoms with Gasteiger partial charge in [-0.2, -0.15) is 18.3 Å². The number of rotatable bonds is 6. The molecule has 1 aliphatic heterocycles. The van der Waals surface area contributed by atoms with Crippen LogP contribution in [0.4, 0.5) is 18.9 Å². The van der Waals surface area contributed by atoms with Crippen molar-refractivity contribution in [3.05, 3.63) is 46.3 Å². The Morgan fingerprint density at radius 3 is 2.45 bits per heavy atom. The van der Waals surface area contributed by atoms with Crippen LogP contribution in [-0.4, -0.2) is 60.0 Å². The van der Waals surface area contributed by atoms with Gasteiger partial charge in [-0.3, -0.25) is 4.79 Å². The second kappa shape index (κ2) is 8.21. The highest BCUT2D eigenvalue weighted by molar-refractivity contribution is 5.52. The van der Waals surface area contributed by atoms with Crippen molar-refractivity contribution in [1.29, 1.82) is 0 Å². The minimum Gasteiger partial charge on any atom is -0.371 e. The molecule has 2 fully saturated rings. The maximum atomic E-state index is 12.8. The van der Waals surface area contributed by atoms with Crippen LogP contribution in [0, 0.1) is 0 Å². The second-order valence-electron chi connectivity index (χ2n) is 8.23. The van der Waals surface area contributed by atoms with Crippen molar-refractivity contribution in [2.75, 3.05) is 18.0 Å². The average Bonchev–Trinajstić information content (AvgIpc) is 3.07. The maximum Gasteiger partial charge on any atom is 0.419 e. The van der Waals surface area contributed by atoms with Crippen molar-refractivity contribution in [2.45, 2.75) is 44.2 Å². The molecule has 174 valence electrons. The Bertz CT molecular complexity index is 1200. The maximum absolute atomic E-state index is 12.8. The largest absolute Gasteiger partial charge is 0.419 e. The third kappa shape index (κ3) is 4.32. The van der Waals surface area contributed by atoms with E-state index in [0.29, 0.717) is 24.2 Å². The number of anilines is 1. The van der Waals surface area contributed by atoms with E-state index in [1.165, 1.54) is 21.9 Å². The van der Waals surface area contributed by atoms with E-state index in [0.717, 1.165) is 31.6 Å². The quantitative estimate of drug-likeness (QED) is 0.545. The molecule has 2 aliphatic rings. The van der Waals surface area contributed by atoms with Crippen LogP contribution in [0.1, 0.15) is 30.5 Å². The highest BCUT2D eigenvalue weighted by Gasteiger charge is 2.33. The molecule has 1 saturated carbocycles. The third-order valence-electron chi connectivity index (χ3n) is 5.94. The van der Waals surface area contributed by atoms with Gasteiger partial charge in [0.05, 0.1) is 41.9 Å². The zero-order valence-electron chi connectivity index (χ0n) is 17.7. The van der Waals surface area contributed by atoms with E-state index in [4.69, 9.17) is 4.74 Å². The molecule has 0 bridgehead atoms. The first-order valence-corrected chi connectivity index (χ1v) is 10.5. The summed E-state index contributed by atoms with van der Waals surface area (Å²) in [5.74, 6) is -0.0196. The molecule has 0 aromatic carbocycles. The third-order valence-corrected chi connectivity index (χ3v) is 5.94. The summed E-state index contributed by atoms with van der Waals surface area (Å²) in [6.45, 7) is 1.46. The zero-order chi connectivity index (χ0) is 23.2. The van der Waals surface area contributed by atoms with Crippen LogP contribution in [0.3, 0.4) is 0 Å². The van der Waals surface area contributed by atoms with Crippen LogP contribution >= 0.6 is 0 Å². The summed E-state index contributed by atoms with van der Waals surface area (Å²) in [5, 5.41) is 12.1. The molecular weight excluding hydrogens is 441 g/mol. The summed E-state index contributed by atoms with van der Waals surface area (Å²) in [5.41, 5.74) is 0.0599. The van der Waals surface area contributed by atoms with Crippen molar-refractivity contribution in [3.63, 3.8) is 0 Å². The Balaban J connectivity index is 1.30. The van der Waals surface area contributed by atoms with Gasteiger partial charge in [0.2, 0.25) is 0 Å².